The molecule has 0 unspecified atom stereocenters. The molecule has 25 heavy (non-hydrogen) atoms. The van der Waals surface area contributed by atoms with Gasteiger partial charge in [-0.2, -0.15) is 5.26 Å². The second-order valence-electron chi connectivity index (χ2n) is 6.28. The summed E-state index contributed by atoms with van der Waals surface area (Å²) in [5.74, 6) is 0.399. The van der Waals surface area contributed by atoms with E-state index >= 15 is 0 Å². The molecule has 130 valence electrons. The average molecular weight is 355 g/mol. The lowest BCUT2D eigenvalue weighted by Crippen LogP contribution is -2.35. The number of nitrogens with one attached hydrogen (secondary N) is 1. The van der Waals surface area contributed by atoms with Gasteiger partial charge in [0.05, 0.1) is 5.56 Å². The van der Waals surface area contributed by atoms with Crippen molar-refractivity contribution in [3.63, 3.8) is 0 Å². The first-order valence-electron chi connectivity index (χ1n) is 8.35. The van der Waals surface area contributed by atoms with Crippen molar-refractivity contribution in [2.24, 2.45) is 0 Å². The lowest BCUT2D eigenvalue weighted by atomic mass is 10.0. The van der Waals surface area contributed by atoms with Gasteiger partial charge in [0.2, 0.25) is 0 Å². The zero-order valence-electron chi connectivity index (χ0n) is 14.4. The highest BCUT2D eigenvalue weighted by Gasteiger charge is 2.26. The second-order valence-corrected chi connectivity index (χ2v) is 7.39. The molecule has 6 heteroatoms. The first-order chi connectivity index (χ1) is 12.1. The zero-order chi connectivity index (χ0) is 17.8. The van der Waals surface area contributed by atoms with Gasteiger partial charge in [-0.05, 0) is 38.0 Å². The van der Waals surface area contributed by atoms with Crippen LogP contribution in [0, 0.1) is 11.3 Å². The maximum absolute atomic E-state index is 12.2. The SMILES string of the molecule is CC(C)N1CCc2c(sc(NC(=O)COc3ccccc3)c2C#N)C1. The Labute approximate surface area is 151 Å². The van der Waals surface area contributed by atoms with Crippen LogP contribution in [0.2, 0.25) is 0 Å². The Morgan fingerprint density at radius 3 is 2.84 bits per heavy atom. The van der Waals surface area contributed by atoms with E-state index in [9.17, 15) is 10.1 Å². The molecule has 1 aromatic carbocycles. The van der Waals surface area contributed by atoms with Gasteiger partial charge in [0.15, 0.2) is 6.61 Å². The molecular formula is C19H21N3O2S. The van der Waals surface area contributed by atoms with Crippen LogP contribution >= 0.6 is 11.3 Å². The fraction of sp³-hybridized carbons (Fsp3) is 0.368. The minimum atomic E-state index is -0.250. The number of nitriles is 1. The number of thiophene rings is 1. The van der Waals surface area contributed by atoms with Crippen LogP contribution in [-0.4, -0.2) is 30.0 Å². The standard InChI is InChI=1S/C19H21N3O2S/c1-13(2)22-9-8-15-16(10-20)19(25-17(15)11-22)21-18(23)12-24-14-6-4-3-5-7-14/h3-7,13H,8-9,11-12H2,1-2H3,(H,21,23). The Hall–Kier alpha value is -2.36. The maximum atomic E-state index is 12.2. The number of hydrogen-bond acceptors (Lipinski definition) is 5. The van der Waals surface area contributed by atoms with E-state index in [2.05, 4.69) is 30.1 Å². The summed E-state index contributed by atoms with van der Waals surface area (Å²) in [5, 5.41) is 13.0. The molecule has 1 aliphatic rings. The Morgan fingerprint density at radius 2 is 2.16 bits per heavy atom. The summed E-state index contributed by atoms with van der Waals surface area (Å²) in [6, 6.07) is 11.9. The van der Waals surface area contributed by atoms with E-state index in [1.165, 1.54) is 16.2 Å². The fourth-order valence-corrected chi connectivity index (χ4v) is 4.14. The van der Waals surface area contributed by atoms with Crippen LogP contribution in [0.4, 0.5) is 5.00 Å². The van der Waals surface area contributed by atoms with Crippen molar-refractivity contribution in [2.75, 3.05) is 18.5 Å². The molecule has 1 aliphatic heterocycles. The van der Waals surface area contributed by atoms with Crippen LogP contribution in [0.5, 0.6) is 5.75 Å². The summed E-state index contributed by atoms with van der Waals surface area (Å²) in [6.07, 6.45) is 0.850. The number of benzene rings is 1. The van der Waals surface area contributed by atoms with Crippen molar-refractivity contribution in [3.8, 4) is 11.8 Å². The minimum absolute atomic E-state index is 0.0738. The normalized spacial score (nSPS) is 14.0. The number of anilines is 1. The largest absolute Gasteiger partial charge is 0.484 e. The van der Waals surface area contributed by atoms with E-state index in [1.54, 1.807) is 12.1 Å². The molecule has 0 fully saturated rings. The molecule has 1 N–H and O–H groups in total. The fourth-order valence-electron chi connectivity index (χ4n) is 2.90. The van der Waals surface area contributed by atoms with E-state index in [0.717, 1.165) is 25.1 Å². The third kappa shape index (κ3) is 4.01. The van der Waals surface area contributed by atoms with Crippen molar-refractivity contribution in [1.29, 1.82) is 5.26 Å². The van der Waals surface area contributed by atoms with E-state index in [-0.39, 0.29) is 12.5 Å². The third-order valence-corrected chi connectivity index (χ3v) is 5.43. The smallest absolute Gasteiger partial charge is 0.262 e. The molecule has 1 amide bonds. The monoisotopic (exact) mass is 355 g/mol. The van der Waals surface area contributed by atoms with Crippen LogP contribution in [-0.2, 0) is 17.8 Å². The summed E-state index contributed by atoms with van der Waals surface area (Å²) in [4.78, 5) is 15.7. The van der Waals surface area contributed by atoms with Gasteiger partial charge in [-0.15, -0.1) is 11.3 Å². The zero-order valence-corrected chi connectivity index (χ0v) is 15.2. The summed E-state index contributed by atoms with van der Waals surface area (Å²) in [5.41, 5.74) is 1.69. The van der Waals surface area contributed by atoms with Crippen molar-refractivity contribution >= 4 is 22.2 Å². The molecule has 0 saturated heterocycles. The van der Waals surface area contributed by atoms with Crippen molar-refractivity contribution < 1.29 is 9.53 Å². The topological polar surface area (TPSA) is 65.4 Å². The minimum Gasteiger partial charge on any atom is -0.484 e. The molecule has 0 atom stereocenters. The number of fused-ring (bicyclic) bond motifs is 1. The molecular weight excluding hydrogens is 334 g/mol. The number of amides is 1. The Morgan fingerprint density at radius 1 is 1.40 bits per heavy atom. The molecule has 5 nitrogen and oxygen atoms in total. The molecule has 2 heterocycles. The predicted octanol–water partition coefficient (Wildman–Crippen LogP) is 3.40. The quantitative estimate of drug-likeness (QED) is 0.893. The first kappa shape index (κ1) is 17.5. The number of hydrogen-bond donors (Lipinski definition) is 1. The van der Waals surface area contributed by atoms with Crippen LogP contribution in [0.1, 0.15) is 29.9 Å². The predicted molar refractivity (Wildman–Crippen MR) is 98.9 cm³/mol. The van der Waals surface area contributed by atoms with Gasteiger partial charge >= 0.3 is 0 Å². The Bertz CT molecular complexity index is 793. The summed E-state index contributed by atoms with van der Waals surface area (Å²) in [6.45, 7) is 6.06. The molecule has 0 bridgehead atoms. The number of nitrogens with zero attached hydrogens (tertiary/aromatic N) is 2. The van der Waals surface area contributed by atoms with Gasteiger partial charge in [0.1, 0.15) is 16.8 Å². The number of carbonyl (C=O) groups excluding carboxylic acids is 1. The number of carbonyl (C=O) groups is 1. The average Bonchev–Trinajstić information content (AvgIpc) is 2.96. The van der Waals surface area contributed by atoms with Gasteiger partial charge in [-0.1, -0.05) is 18.2 Å². The van der Waals surface area contributed by atoms with Crippen LogP contribution in [0.25, 0.3) is 0 Å². The van der Waals surface area contributed by atoms with Crippen LogP contribution in [0.3, 0.4) is 0 Å². The molecule has 0 radical (unpaired) electrons. The first-order valence-corrected chi connectivity index (χ1v) is 9.16. The lowest BCUT2D eigenvalue weighted by molar-refractivity contribution is -0.118. The van der Waals surface area contributed by atoms with Crippen molar-refractivity contribution in [1.82, 2.24) is 4.90 Å². The van der Waals surface area contributed by atoms with Gasteiger partial charge in [-0.25, -0.2) is 0 Å². The molecule has 3 rings (SSSR count). The van der Waals surface area contributed by atoms with E-state index in [4.69, 9.17) is 4.74 Å². The van der Waals surface area contributed by atoms with E-state index in [1.807, 2.05) is 18.2 Å². The van der Waals surface area contributed by atoms with Crippen LogP contribution in [0.15, 0.2) is 30.3 Å². The molecule has 0 spiro atoms. The highest BCUT2D eigenvalue weighted by molar-refractivity contribution is 7.16. The summed E-state index contributed by atoms with van der Waals surface area (Å²) < 4.78 is 5.47. The van der Waals surface area contributed by atoms with Gasteiger partial charge in [-0.3, -0.25) is 9.69 Å². The maximum Gasteiger partial charge on any atom is 0.262 e. The van der Waals surface area contributed by atoms with Crippen LogP contribution < -0.4 is 10.1 Å². The molecule has 2 aromatic rings. The lowest BCUT2D eigenvalue weighted by Gasteiger charge is -2.30. The van der Waals surface area contributed by atoms with E-state index in [0.29, 0.717) is 22.4 Å². The molecule has 0 aliphatic carbocycles. The highest BCUT2D eigenvalue weighted by atomic mass is 32.1. The van der Waals surface area contributed by atoms with E-state index < -0.39 is 0 Å². The highest BCUT2D eigenvalue weighted by Crippen LogP contribution is 2.37. The van der Waals surface area contributed by atoms with Crippen molar-refractivity contribution in [2.45, 2.75) is 32.9 Å². The van der Waals surface area contributed by atoms with Gasteiger partial charge < -0.3 is 10.1 Å². The van der Waals surface area contributed by atoms with Gasteiger partial charge in [0.25, 0.3) is 5.91 Å². The number of para-hydroxylation sites is 1. The number of ether oxygens (including phenoxy) is 1. The summed E-state index contributed by atoms with van der Waals surface area (Å²) >= 11 is 1.51. The molecule has 0 saturated carbocycles. The Kier molecular flexibility index (Phi) is 5.37. The number of rotatable bonds is 5. The molecule has 1 aromatic heterocycles. The van der Waals surface area contributed by atoms with Gasteiger partial charge in [0, 0.05) is 24.0 Å². The Balaban J connectivity index is 1.68. The third-order valence-electron chi connectivity index (χ3n) is 4.29. The second kappa shape index (κ2) is 7.68. The van der Waals surface area contributed by atoms with Crippen molar-refractivity contribution in [3.05, 3.63) is 46.3 Å². The summed E-state index contributed by atoms with van der Waals surface area (Å²) in [7, 11) is 0.